The molecule has 2 saturated heterocycles. The highest BCUT2D eigenvalue weighted by Crippen LogP contribution is 2.52. The maximum absolute atomic E-state index is 13.1. The zero-order valence-electron chi connectivity index (χ0n) is 14.5. The molecule has 1 aliphatic carbocycles. The summed E-state index contributed by atoms with van der Waals surface area (Å²) >= 11 is 0. The average Bonchev–Trinajstić information content (AvgIpc) is 2.52. The van der Waals surface area contributed by atoms with Crippen molar-refractivity contribution in [2.75, 3.05) is 0 Å². The van der Waals surface area contributed by atoms with Crippen molar-refractivity contribution < 1.29 is 22.6 Å². The second-order valence-electron chi connectivity index (χ2n) is 7.55. The van der Waals surface area contributed by atoms with E-state index in [9.17, 15) is 13.2 Å². The molecule has 134 valence electrons. The van der Waals surface area contributed by atoms with Gasteiger partial charge in [0.25, 0.3) is 0 Å². The monoisotopic (exact) mass is 342 g/mol. The van der Waals surface area contributed by atoms with Gasteiger partial charge in [0.15, 0.2) is 0 Å². The lowest BCUT2D eigenvalue weighted by Crippen LogP contribution is -2.63. The van der Waals surface area contributed by atoms with Crippen molar-refractivity contribution >= 4 is 0 Å². The molecule has 0 N–H and O–H groups in total. The van der Waals surface area contributed by atoms with Crippen molar-refractivity contribution in [1.29, 1.82) is 0 Å². The largest absolute Gasteiger partial charge is 0.416 e. The van der Waals surface area contributed by atoms with Crippen molar-refractivity contribution in [2.45, 2.75) is 76.5 Å². The highest BCUT2D eigenvalue weighted by molar-refractivity contribution is 5.29. The van der Waals surface area contributed by atoms with Crippen LogP contribution in [0.4, 0.5) is 13.2 Å². The van der Waals surface area contributed by atoms with Gasteiger partial charge in [0, 0.05) is 0 Å². The van der Waals surface area contributed by atoms with Gasteiger partial charge in [0.2, 0.25) is 0 Å². The van der Waals surface area contributed by atoms with E-state index in [2.05, 4.69) is 20.8 Å². The Morgan fingerprint density at radius 2 is 1.96 bits per heavy atom. The van der Waals surface area contributed by atoms with Crippen LogP contribution in [0, 0.1) is 5.92 Å². The number of ether oxygens (including phenoxy) is 2. The van der Waals surface area contributed by atoms with Crippen molar-refractivity contribution in [3.05, 3.63) is 35.4 Å². The van der Waals surface area contributed by atoms with Gasteiger partial charge in [-0.3, -0.25) is 0 Å². The summed E-state index contributed by atoms with van der Waals surface area (Å²) in [7, 11) is 0. The highest BCUT2D eigenvalue weighted by Gasteiger charge is 2.56. The molecule has 0 amide bonds. The molecular formula is C19H25F3O2. The van der Waals surface area contributed by atoms with Crippen molar-refractivity contribution in [1.82, 2.24) is 0 Å². The third-order valence-corrected chi connectivity index (χ3v) is 5.81. The van der Waals surface area contributed by atoms with E-state index in [-0.39, 0.29) is 29.5 Å². The number of benzene rings is 1. The van der Waals surface area contributed by atoms with Gasteiger partial charge < -0.3 is 9.47 Å². The fraction of sp³-hybridized carbons (Fsp3) is 0.684. The second kappa shape index (κ2) is 6.03. The topological polar surface area (TPSA) is 18.5 Å². The van der Waals surface area contributed by atoms with Crippen LogP contribution in [0.3, 0.4) is 0 Å². The number of hydrogen-bond donors (Lipinski definition) is 0. The third kappa shape index (κ3) is 3.08. The summed E-state index contributed by atoms with van der Waals surface area (Å²) in [5, 5.41) is 0. The molecule has 1 saturated carbocycles. The Labute approximate surface area is 141 Å². The summed E-state index contributed by atoms with van der Waals surface area (Å²) in [4.78, 5) is 0. The second-order valence-corrected chi connectivity index (χ2v) is 7.55. The summed E-state index contributed by atoms with van der Waals surface area (Å²) in [6, 6.07) is 5.64. The zero-order chi connectivity index (χ0) is 17.6. The minimum absolute atomic E-state index is 0.0292. The van der Waals surface area contributed by atoms with Crippen LogP contribution in [0.15, 0.2) is 24.3 Å². The molecule has 0 radical (unpaired) electrons. The molecule has 3 atom stereocenters. The molecule has 3 fully saturated rings. The molecule has 2 nitrogen and oxygen atoms in total. The van der Waals surface area contributed by atoms with Crippen LogP contribution in [0.5, 0.6) is 0 Å². The maximum Gasteiger partial charge on any atom is 0.416 e. The number of fused-ring (bicyclic) bond motifs is 3. The van der Waals surface area contributed by atoms with Crippen molar-refractivity contribution in [3.8, 4) is 0 Å². The van der Waals surface area contributed by atoms with Crippen molar-refractivity contribution in [3.63, 3.8) is 0 Å². The Balaban J connectivity index is 1.76. The Bertz CT molecular complexity index is 597. The fourth-order valence-corrected chi connectivity index (χ4v) is 4.34. The predicted molar refractivity (Wildman–Crippen MR) is 85.5 cm³/mol. The molecule has 24 heavy (non-hydrogen) atoms. The summed E-state index contributed by atoms with van der Waals surface area (Å²) in [5.41, 5.74) is -0.974. The van der Waals surface area contributed by atoms with Gasteiger partial charge in [-0.2, -0.15) is 13.2 Å². The first-order chi connectivity index (χ1) is 11.2. The first-order valence-corrected chi connectivity index (χ1v) is 8.65. The van der Waals surface area contributed by atoms with Gasteiger partial charge in [-0.15, -0.1) is 0 Å². The molecule has 3 aliphatic rings. The predicted octanol–water partition coefficient (Wildman–Crippen LogP) is 5.35. The fourth-order valence-electron chi connectivity index (χ4n) is 4.34. The number of alkyl halides is 3. The van der Waals surface area contributed by atoms with Crippen LogP contribution in [-0.4, -0.2) is 17.3 Å². The molecule has 3 unspecified atom stereocenters. The highest BCUT2D eigenvalue weighted by atomic mass is 19.4. The van der Waals surface area contributed by atoms with Gasteiger partial charge >= 0.3 is 6.18 Å². The lowest BCUT2D eigenvalue weighted by Gasteiger charge is -2.58. The Hall–Kier alpha value is -1.07. The normalized spacial score (nSPS) is 32.1. The van der Waals surface area contributed by atoms with E-state index >= 15 is 0 Å². The molecule has 2 heterocycles. The SMILES string of the molecule is CCC12CCC(CC1OCc1ccccc1C(F)(F)F)C(C)(C)O2. The minimum Gasteiger partial charge on any atom is -0.371 e. The minimum atomic E-state index is -4.35. The number of hydrogen-bond acceptors (Lipinski definition) is 2. The molecule has 2 bridgehead atoms. The summed E-state index contributed by atoms with van der Waals surface area (Å²) in [6.07, 6.45) is -0.810. The Morgan fingerprint density at radius 1 is 1.25 bits per heavy atom. The smallest absolute Gasteiger partial charge is 0.371 e. The van der Waals surface area contributed by atoms with Crippen LogP contribution < -0.4 is 0 Å². The first-order valence-electron chi connectivity index (χ1n) is 8.65. The van der Waals surface area contributed by atoms with E-state index in [1.54, 1.807) is 6.07 Å². The van der Waals surface area contributed by atoms with Crippen molar-refractivity contribution in [2.24, 2.45) is 5.92 Å². The molecule has 1 aromatic carbocycles. The standard InChI is InChI=1S/C19H25F3O2/c1-4-18-10-9-14(17(2,3)24-18)11-16(18)23-12-13-7-5-6-8-15(13)19(20,21)22/h5-8,14,16H,4,9-12H2,1-3H3. The van der Waals surface area contributed by atoms with E-state index in [0.717, 1.165) is 31.7 Å². The van der Waals surface area contributed by atoms with Crippen LogP contribution in [0.25, 0.3) is 0 Å². The molecule has 0 aromatic heterocycles. The first kappa shape index (κ1) is 17.7. The maximum atomic E-state index is 13.1. The van der Waals surface area contributed by atoms with Crippen LogP contribution in [-0.2, 0) is 22.3 Å². The molecule has 2 aliphatic heterocycles. The quantitative estimate of drug-likeness (QED) is 0.734. The van der Waals surface area contributed by atoms with Crippen LogP contribution in [0.2, 0.25) is 0 Å². The van der Waals surface area contributed by atoms with Gasteiger partial charge in [-0.05, 0) is 57.1 Å². The van der Waals surface area contributed by atoms with Gasteiger partial charge in [0.05, 0.1) is 29.5 Å². The van der Waals surface area contributed by atoms with Gasteiger partial charge in [-0.25, -0.2) is 0 Å². The van der Waals surface area contributed by atoms with Crippen LogP contribution >= 0.6 is 0 Å². The Kier molecular flexibility index (Phi) is 4.45. The van der Waals surface area contributed by atoms with E-state index in [1.165, 1.54) is 12.1 Å². The van der Waals surface area contributed by atoms with Gasteiger partial charge in [0.1, 0.15) is 0 Å². The van der Waals surface area contributed by atoms with Gasteiger partial charge in [-0.1, -0.05) is 25.1 Å². The van der Waals surface area contributed by atoms with E-state index in [1.807, 2.05) is 0 Å². The van der Waals surface area contributed by atoms with E-state index in [0.29, 0.717) is 5.92 Å². The molecular weight excluding hydrogens is 317 g/mol. The van der Waals surface area contributed by atoms with E-state index < -0.39 is 11.7 Å². The lowest BCUT2D eigenvalue weighted by molar-refractivity contribution is -0.293. The summed E-state index contributed by atoms with van der Waals surface area (Å²) in [5.74, 6) is 0.397. The summed E-state index contributed by atoms with van der Waals surface area (Å²) in [6.45, 7) is 6.26. The average molecular weight is 342 g/mol. The molecule has 0 spiro atoms. The number of halogens is 3. The van der Waals surface area contributed by atoms with E-state index in [4.69, 9.17) is 9.47 Å². The van der Waals surface area contributed by atoms with Crippen LogP contribution in [0.1, 0.15) is 57.6 Å². The molecule has 1 aromatic rings. The molecule has 5 heteroatoms. The number of rotatable bonds is 4. The zero-order valence-corrected chi connectivity index (χ0v) is 14.5. The lowest BCUT2D eigenvalue weighted by atomic mass is 9.65. The molecule has 4 rings (SSSR count). The Morgan fingerprint density at radius 3 is 2.58 bits per heavy atom. The third-order valence-electron chi connectivity index (χ3n) is 5.81. The summed E-state index contributed by atoms with van der Waals surface area (Å²) < 4.78 is 51.7.